The molecule has 0 aromatic heterocycles. The van der Waals surface area contributed by atoms with Gasteiger partial charge in [0.1, 0.15) is 6.61 Å². The molecule has 16 heavy (non-hydrogen) atoms. The molecule has 0 bridgehead atoms. The summed E-state index contributed by atoms with van der Waals surface area (Å²) in [5.74, 6) is 0. The molecule has 5 nitrogen and oxygen atoms in total. The monoisotopic (exact) mass is 229 g/mol. The normalized spacial score (nSPS) is 18.2. The molecule has 94 valence electrons. The maximum absolute atomic E-state index is 11.3. The summed E-state index contributed by atoms with van der Waals surface area (Å²) in [6, 6.07) is 0. The fourth-order valence-corrected chi connectivity index (χ4v) is 1.54. The second-order valence-corrected chi connectivity index (χ2v) is 5.10. The quantitative estimate of drug-likeness (QED) is 0.736. The summed E-state index contributed by atoms with van der Waals surface area (Å²) >= 11 is 0. The van der Waals surface area contributed by atoms with E-state index in [9.17, 15) is 4.79 Å². The van der Waals surface area contributed by atoms with Crippen LogP contribution in [0.4, 0.5) is 4.79 Å². The van der Waals surface area contributed by atoms with E-state index in [-0.39, 0.29) is 11.6 Å². The number of carbonyl (C=O) groups is 1. The van der Waals surface area contributed by atoms with Gasteiger partial charge in [0.15, 0.2) is 0 Å². The lowest BCUT2D eigenvalue weighted by Gasteiger charge is -2.27. The van der Waals surface area contributed by atoms with E-state index in [2.05, 4.69) is 15.5 Å². The Bertz CT molecular complexity index is 220. The van der Waals surface area contributed by atoms with Crippen molar-refractivity contribution < 1.29 is 9.53 Å². The van der Waals surface area contributed by atoms with Crippen LogP contribution in [0, 0.1) is 0 Å². The second kappa shape index (κ2) is 6.06. The Kier molecular flexibility index (Phi) is 5.02. The van der Waals surface area contributed by atoms with Crippen molar-refractivity contribution in [1.82, 2.24) is 15.5 Å². The summed E-state index contributed by atoms with van der Waals surface area (Å²) in [5.41, 5.74) is -0.230. The molecule has 5 heteroatoms. The number of carbonyl (C=O) groups excluding carboxylic acids is 1. The number of nitrogens with one attached hydrogen (secondary N) is 2. The van der Waals surface area contributed by atoms with E-state index >= 15 is 0 Å². The predicted molar refractivity (Wildman–Crippen MR) is 63.5 cm³/mol. The highest BCUT2D eigenvalue weighted by Crippen LogP contribution is 1.99. The molecule has 1 amide bonds. The van der Waals surface area contributed by atoms with Crippen molar-refractivity contribution in [3.05, 3.63) is 0 Å². The number of hydrogen-bond donors (Lipinski definition) is 2. The van der Waals surface area contributed by atoms with Crippen LogP contribution in [0.2, 0.25) is 0 Å². The zero-order valence-corrected chi connectivity index (χ0v) is 10.5. The van der Waals surface area contributed by atoms with Crippen molar-refractivity contribution >= 4 is 6.09 Å². The Balaban J connectivity index is 2.08. The van der Waals surface area contributed by atoms with Crippen molar-refractivity contribution in [1.29, 1.82) is 0 Å². The van der Waals surface area contributed by atoms with Gasteiger partial charge in [0.05, 0.1) is 0 Å². The highest BCUT2D eigenvalue weighted by atomic mass is 16.5. The molecule has 0 unspecified atom stereocenters. The van der Waals surface area contributed by atoms with Crippen LogP contribution >= 0.6 is 0 Å². The molecule has 2 N–H and O–H groups in total. The smallest absolute Gasteiger partial charge is 0.407 e. The molecular formula is C11H23N3O2. The second-order valence-electron chi connectivity index (χ2n) is 5.10. The summed E-state index contributed by atoms with van der Waals surface area (Å²) in [6.45, 7) is 11.2. The molecule has 0 atom stereocenters. The molecular weight excluding hydrogens is 206 g/mol. The topological polar surface area (TPSA) is 53.6 Å². The van der Waals surface area contributed by atoms with Crippen LogP contribution in [-0.4, -0.2) is 55.9 Å². The van der Waals surface area contributed by atoms with Crippen LogP contribution in [0.3, 0.4) is 0 Å². The lowest BCUT2D eigenvalue weighted by Crippen LogP contribution is -2.45. The largest absolute Gasteiger partial charge is 0.448 e. The Morgan fingerprint density at radius 3 is 2.56 bits per heavy atom. The van der Waals surface area contributed by atoms with E-state index in [4.69, 9.17) is 4.74 Å². The van der Waals surface area contributed by atoms with E-state index in [1.165, 1.54) is 0 Å². The van der Waals surface area contributed by atoms with Crippen molar-refractivity contribution in [3.8, 4) is 0 Å². The van der Waals surface area contributed by atoms with Crippen molar-refractivity contribution in [2.45, 2.75) is 26.3 Å². The molecule has 1 rings (SSSR count). The van der Waals surface area contributed by atoms with Gasteiger partial charge in [-0.05, 0) is 20.8 Å². The Morgan fingerprint density at radius 1 is 1.38 bits per heavy atom. The number of hydrogen-bond acceptors (Lipinski definition) is 4. The standard InChI is InChI=1S/C11H23N3O2/c1-11(2,3)13-10(15)16-9-8-14-6-4-12-5-7-14/h12H,4-9H2,1-3H3,(H,13,15). The average Bonchev–Trinajstić information content (AvgIpc) is 2.16. The molecule has 1 aliphatic heterocycles. The predicted octanol–water partition coefficient (Wildman–Crippen LogP) is 0.416. The number of ether oxygens (including phenoxy) is 1. The molecule has 1 saturated heterocycles. The highest BCUT2D eigenvalue weighted by Gasteiger charge is 2.15. The Hall–Kier alpha value is -0.810. The van der Waals surface area contributed by atoms with Gasteiger partial charge >= 0.3 is 6.09 Å². The first-order chi connectivity index (χ1) is 7.47. The number of alkyl carbamates (subject to hydrolysis) is 1. The molecule has 0 spiro atoms. The first kappa shape index (κ1) is 13.3. The fraction of sp³-hybridized carbons (Fsp3) is 0.909. The van der Waals surface area contributed by atoms with E-state index in [0.29, 0.717) is 6.61 Å². The van der Waals surface area contributed by atoms with Gasteiger partial charge in [0.2, 0.25) is 0 Å². The summed E-state index contributed by atoms with van der Waals surface area (Å²) in [7, 11) is 0. The summed E-state index contributed by atoms with van der Waals surface area (Å²) < 4.78 is 5.11. The molecule has 0 aliphatic carbocycles. The van der Waals surface area contributed by atoms with Crippen LogP contribution in [0.1, 0.15) is 20.8 Å². The van der Waals surface area contributed by atoms with Crippen LogP contribution in [0.15, 0.2) is 0 Å². The van der Waals surface area contributed by atoms with E-state index in [1.807, 2.05) is 20.8 Å². The van der Waals surface area contributed by atoms with Crippen molar-refractivity contribution in [3.63, 3.8) is 0 Å². The van der Waals surface area contributed by atoms with Crippen LogP contribution in [0.5, 0.6) is 0 Å². The van der Waals surface area contributed by atoms with Crippen LogP contribution in [-0.2, 0) is 4.74 Å². The lowest BCUT2D eigenvalue weighted by atomic mass is 10.1. The molecule has 1 heterocycles. The number of rotatable bonds is 3. The molecule has 0 saturated carbocycles. The minimum absolute atomic E-state index is 0.230. The van der Waals surface area contributed by atoms with Gasteiger partial charge in [0.25, 0.3) is 0 Å². The maximum atomic E-state index is 11.3. The fourth-order valence-electron chi connectivity index (χ4n) is 1.54. The highest BCUT2D eigenvalue weighted by molar-refractivity contribution is 5.68. The van der Waals surface area contributed by atoms with Gasteiger partial charge in [-0.15, -0.1) is 0 Å². The third kappa shape index (κ3) is 5.92. The Morgan fingerprint density at radius 2 is 2.00 bits per heavy atom. The zero-order valence-electron chi connectivity index (χ0n) is 10.5. The van der Waals surface area contributed by atoms with Gasteiger partial charge in [-0.3, -0.25) is 4.90 Å². The lowest BCUT2D eigenvalue weighted by molar-refractivity contribution is 0.117. The van der Waals surface area contributed by atoms with Gasteiger partial charge in [-0.1, -0.05) is 0 Å². The first-order valence-corrected chi connectivity index (χ1v) is 5.85. The summed E-state index contributed by atoms with van der Waals surface area (Å²) in [6.07, 6.45) is -0.331. The van der Waals surface area contributed by atoms with Gasteiger partial charge in [-0.2, -0.15) is 0 Å². The van der Waals surface area contributed by atoms with Crippen molar-refractivity contribution in [2.24, 2.45) is 0 Å². The van der Waals surface area contributed by atoms with E-state index in [1.54, 1.807) is 0 Å². The number of amides is 1. The Labute approximate surface area is 97.5 Å². The molecule has 0 aromatic rings. The molecule has 0 aromatic carbocycles. The summed E-state index contributed by atoms with van der Waals surface area (Å²) in [5, 5.41) is 6.05. The van der Waals surface area contributed by atoms with Crippen molar-refractivity contribution in [2.75, 3.05) is 39.3 Å². The van der Waals surface area contributed by atoms with E-state index < -0.39 is 0 Å². The number of piperazine rings is 1. The SMILES string of the molecule is CC(C)(C)NC(=O)OCCN1CCNCC1. The van der Waals surface area contributed by atoms with Gasteiger partial charge < -0.3 is 15.4 Å². The average molecular weight is 229 g/mol. The summed E-state index contributed by atoms with van der Waals surface area (Å²) in [4.78, 5) is 13.6. The third-order valence-corrected chi connectivity index (χ3v) is 2.33. The zero-order chi connectivity index (χ0) is 12.0. The number of nitrogens with zero attached hydrogens (tertiary/aromatic N) is 1. The minimum Gasteiger partial charge on any atom is -0.448 e. The van der Waals surface area contributed by atoms with Gasteiger partial charge in [-0.25, -0.2) is 4.79 Å². The van der Waals surface area contributed by atoms with Crippen LogP contribution < -0.4 is 10.6 Å². The van der Waals surface area contributed by atoms with Gasteiger partial charge in [0, 0.05) is 38.3 Å². The molecule has 0 radical (unpaired) electrons. The molecule has 1 aliphatic rings. The molecule has 1 fully saturated rings. The minimum atomic E-state index is -0.331. The maximum Gasteiger partial charge on any atom is 0.407 e. The third-order valence-electron chi connectivity index (χ3n) is 2.33. The van der Waals surface area contributed by atoms with E-state index in [0.717, 1.165) is 32.7 Å². The van der Waals surface area contributed by atoms with Crippen LogP contribution in [0.25, 0.3) is 0 Å². The first-order valence-electron chi connectivity index (χ1n) is 5.85.